The summed E-state index contributed by atoms with van der Waals surface area (Å²) in [6, 6.07) is 0.836. The molecule has 19 heavy (non-hydrogen) atoms. The van der Waals surface area contributed by atoms with Crippen LogP contribution in [0.3, 0.4) is 0 Å². The average Bonchev–Trinajstić information content (AvgIpc) is 2.34. The molecule has 0 radical (unpaired) electrons. The first-order valence-electron chi connectivity index (χ1n) is 6.62. The van der Waals surface area contributed by atoms with Crippen molar-refractivity contribution < 1.29 is 13.9 Å². The van der Waals surface area contributed by atoms with Crippen LogP contribution in [-0.4, -0.2) is 29.3 Å². The zero-order valence-corrected chi connectivity index (χ0v) is 10.9. The van der Waals surface area contributed by atoms with Crippen molar-refractivity contribution in [3.8, 4) is 0 Å². The van der Waals surface area contributed by atoms with Crippen molar-refractivity contribution in [3.05, 3.63) is 17.7 Å². The standard InChI is InChI=1S/C13H19F2N3O/c1-2-3-16-12-10(14)6-11(15)13(18-12)17-7-8-4-9(19)5-8/h6,8-9,19H,2-5,7H2,1H3,(H2,16,17,18). The zero-order chi connectivity index (χ0) is 13.8. The molecule has 0 aliphatic heterocycles. The molecule has 0 atom stereocenters. The fourth-order valence-electron chi connectivity index (χ4n) is 2.07. The highest BCUT2D eigenvalue weighted by Crippen LogP contribution is 2.28. The van der Waals surface area contributed by atoms with Gasteiger partial charge in [0.15, 0.2) is 23.3 Å². The van der Waals surface area contributed by atoms with E-state index in [0.717, 1.165) is 25.3 Å². The smallest absolute Gasteiger partial charge is 0.168 e. The summed E-state index contributed by atoms with van der Waals surface area (Å²) in [4.78, 5) is 3.92. The number of hydrogen-bond acceptors (Lipinski definition) is 4. The van der Waals surface area contributed by atoms with Crippen molar-refractivity contribution in [2.75, 3.05) is 23.7 Å². The summed E-state index contributed by atoms with van der Waals surface area (Å²) in [7, 11) is 0. The summed E-state index contributed by atoms with van der Waals surface area (Å²) in [5, 5.41) is 14.9. The van der Waals surface area contributed by atoms with Gasteiger partial charge >= 0.3 is 0 Å². The molecule has 0 amide bonds. The number of hydrogen-bond donors (Lipinski definition) is 3. The Labute approximate surface area is 111 Å². The molecule has 0 spiro atoms. The summed E-state index contributed by atoms with van der Waals surface area (Å²) in [6.07, 6.45) is 2.04. The fourth-order valence-corrected chi connectivity index (χ4v) is 2.07. The van der Waals surface area contributed by atoms with Gasteiger partial charge in [-0.3, -0.25) is 0 Å². The van der Waals surface area contributed by atoms with E-state index in [2.05, 4.69) is 15.6 Å². The largest absolute Gasteiger partial charge is 0.393 e. The molecule has 1 aromatic heterocycles. The second-order valence-electron chi connectivity index (χ2n) is 4.95. The van der Waals surface area contributed by atoms with Crippen LogP contribution < -0.4 is 10.6 Å². The third kappa shape index (κ3) is 3.53. The Morgan fingerprint density at radius 1 is 1.26 bits per heavy atom. The van der Waals surface area contributed by atoms with Crippen LogP contribution in [0.25, 0.3) is 0 Å². The van der Waals surface area contributed by atoms with Crippen LogP contribution in [0.15, 0.2) is 6.07 Å². The van der Waals surface area contributed by atoms with Gasteiger partial charge in [-0.2, -0.15) is 0 Å². The molecule has 0 bridgehead atoms. The minimum absolute atomic E-state index is 0.0568. The lowest BCUT2D eigenvalue weighted by Gasteiger charge is -2.31. The monoisotopic (exact) mass is 271 g/mol. The predicted molar refractivity (Wildman–Crippen MR) is 70.2 cm³/mol. The Kier molecular flexibility index (Phi) is 4.52. The van der Waals surface area contributed by atoms with E-state index in [9.17, 15) is 13.9 Å². The Balaban J connectivity index is 1.98. The normalized spacial score (nSPS) is 21.9. The maximum atomic E-state index is 13.6. The minimum Gasteiger partial charge on any atom is -0.393 e. The van der Waals surface area contributed by atoms with Gasteiger partial charge < -0.3 is 15.7 Å². The molecule has 3 N–H and O–H groups in total. The Hall–Kier alpha value is -1.43. The number of aromatic nitrogens is 1. The molecule has 1 aliphatic rings. The van der Waals surface area contributed by atoms with Crippen molar-refractivity contribution in [3.63, 3.8) is 0 Å². The maximum absolute atomic E-state index is 13.6. The molecular weight excluding hydrogens is 252 g/mol. The van der Waals surface area contributed by atoms with Crippen LogP contribution in [0.1, 0.15) is 26.2 Å². The van der Waals surface area contributed by atoms with E-state index in [4.69, 9.17) is 0 Å². The lowest BCUT2D eigenvalue weighted by molar-refractivity contribution is 0.0486. The SMILES string of the molecule is CCCNc1nc(NCC2CC(O)C2)c(F)cc1F. The number of halogens is 2. The molecule has 0 unspecified atom stereocenters. The highest BCUT2D eigenvalue weighted by molar-refractivity contribution is 5.47. The number of aliphatic hydroxyl groups is 1. The number of rotatable bonds is 6. The zero-order valence-electron chi connectivity index (χ0n) is 10.9. The van der Waals surface area contributed by atoms with Gasteiger partial charge in [-0.15, -0.1) is 0 Å². The molecule has 0 aromatic carbocycles. The summed E-state index contributed by atoms with van der Waals surface area (Å²) in [6.45, 7) is 3.08. The molecular formula is C13H19F2N3O. The Morgan fingerprint density at radius 3 is 2.47 bits per heavy atom. The Bertz CT molecular complexity index is 436. The van der Waals surface area contributed by atoms with Gasteiger partial charge in [0.25, 0.3) is 0 Å². The van der Waals surface area contributed by atoms with E-state index >= 15 is 0 Å². The molecule has 1 fully saturated rings. The quantitative estimate of drug-likeness (QED) is 0.743. The number of pyridine rings is 1. The van der Waals surface area contributed by atoms with Gasteiger partial charge in [0.2, 0.25) is 0 Å². The molecule has 1 heterocycles. The van der Waals surface area contributed by atoms with Crippen molar-refractivity contribution in [2.24, 2.45) is 5.92 Å². The topological polar surface area (TPSA) is 57.2 Å². The van der Waals surface area contributed by atoms with Crippen molar-refractivity contribution in [1.29, 1.82) is 0 Å². The van der Waals surface area contributed by atoms with E-state index in [1.165, 1.54) is 0 Å². The molecule has 1 aliphatic carbocycles. The van der Waals surface area contributed by atoms with Crippen molar-refractivity contribution >= 4 is 11.6 Å². The lowest BCUT2D eigenvalue weighted by Crippen LogP contribution is -2.33. The maximum Gasteiger partial charge on any atom is 0.168 e. The first-order valence-corrected chi connectivity index (χ1v) is 6.62. The van der Waals surface area contributed by atoms with Crippen LogP contribution >= 0.6 is 0 Å². The van der Waals surface area contributed by atoms with E-state index in [-0.39, 0.29) is 17.7 Å². The van der Waals surface area contributed by atoms with E-state index in [1.807, 2.05) is 6.92 Å². The van der Waals surface area contributed by atoms with Crippen molar-refractivity contribution in [2.45, 2.75) is 32.3 Å². The first-order chi connectivity index (χ1) is 9.10. The van der Waals surface area contributed by atoms with E-state index in [0.29, 0.717) is 19.0 Å². The van der Waals surface area contributed by atoms with Gasteiger partial charge in [0, 0.05) is 19.2 Å². The van der Waals surface area contributed by atoms with Gasteiger partial charge in [0.05, 0.1) is 6.10 Å². The molecule has 0 saturated heterocycles. The lowest BCUT2D eigenvalue weighted by atomic mass is 9.82. The third-order valence-electron chi connectivity index (χ3n) is 3.24. The molecule has 1 aromatic rings. The molecule has 1 saturated carbocycles. The van der Waals surface area contributed by atoms with Gasteiger partial charge in [-0.25, -0.2) is 13.8 Å². The predicted octanol–water partition coefficient (Wildman–Crippen LogP) is 2.36. The first kappa shape index (κ1) is 14.0. The third-order valence-corrected chi connectivity index (χ3v) is 3.24. The molecule has 6 heteroatoms. The minimum atomic E-state index is -0.695. The Morgan fingerprint density at radius 2 is 1.89 bits per heavy atom. The highest BCUT2D eigenvalue weighted by atomic mass is 19.1. The highest BCUT2D eigenvalue weighted by Gasteiger charge is 2.27. The van der Waals surface area contributed by atoms with Crippen molar-refractivity contribution in [1.82, 2.24) is 4.98 Å². The van der Waals surface area contributed by atoms with Gasteiger partial charge in [-0.1, -0.05) is 6.92 Å². The van der Waals surface area contributed by atoms with E-state index < -0.39 is 11.6 Å². The molecule has 106 valence electrons. The van der Waals surface area contributed by atoms with Crippen LogP contribution in [0.2, 0.25) is 0 Å². The number of nitrogens with one attached hydrogen (secondary N) is 2. The van der Waals surface area contributed by atoms with Crippen LogP contribution in [-0.2, 0) is 0 Å². The summed E-state index contributed by atoms with van der Waals surface area (Å²) >= 11 is 0. The van der Waals surface area contributed by atoms with Crippen LogP contribution in [0.5, 0.6) is 0 Å². The second-order valence-corrected chi connectivity index (χ2v) is 4.95. The molecule has 2 rings (SSSR count). The van der Waals surface area contributed by atoms with E-state index in [1.54, 1.807) is 0 Å². The van der Waals surface area contributed by atoms with Gasteiger partial charge in [0.1, 0.15) is 0 Å². The molecule has 4 nitrogen and oxygen atoms in total. The summed E-state index contributed by atoms with van der Waals surface area (Å²) in [5.74, 6) is -0.927. The average molecular weight is 271 g/mol. The van der Waals surface area contributed by atoms with Gasteiger partial charge in [-0.05, 0) is 25.2 Å². The number of anilines is 2. The van der Waals surface area contributed by atoms with Crippen LogP contribution in [0.4, 0.5) is 20.4 Å². The van der Waals surface area contributed by atoms with Crippen LogP contribution in [0, 0.1) is 17.6 Å². The number of aliphatic hydroxyl groups excluding tert-OH is 1. The number of nitrogens with zero attached hydrogens (tertiary/aromatic N) is 1. The summed E-state index contributed by atoms with van der Waals surface area (Å²) in [5.41, 5.74) is 0. The second kappa shape index (κ2) is 6.14. The fraction of sp³-hybridized carbons (Fsp3) is 0.615. The summed E-state index contributed by atoms with van der Waals surface area (Å²) < 4.78 is 27.0.